The number of phenolic OH excluding ortho intramolecular Hbond substituents is 1. The monoisotopic (exact) mass is 232 g/mol. The molecule has 1 aromatic carbocycles. The number of aromatic hydroxyl groups is 1. The van der Waals surface area contributed by atoms with Crippen LogP contribution in [0.4, 0.5) is 13.2 Å². The lowest BCUT2D eigenvalue weighted by Crippen LogP contribution is -2.33. The molecule has 0 fully saturated rings. The largest absolute Gasteiger partial charge is 0.507 e. The van der Waals surface area contributed by atoms with E-state index in [1.807, 2.05) is 0 Å². The van der Waals surface area contributed by atoms with Crippen LogP contribution in [0.2, 0.25) is 0 Å². The van der Waals surface area contributed by atoms with Crippen molar-refractivity contribution in [2.45, 2.75) is 6.18 Å². The molecule has 2 N–H and O–H groups in total. The molecule has 0 aliphatic carbocycles. The lowest BCUT2D eigenvalue weighted by molar-refractivity contribution is -0.173. The highest BCUT2D eigenvalue weighted by Gasteiger charge is 2.38. The van der Waals surface area contributed by atoms with E-state index in [0.717, 1.165) is 6.21 Å². The van der Waals surface area contributed by atoms with Gasteiger partial charge in [0.15, 0.2) is 0 Å². The van der Waals surface area contributed by atoms with E-state index in [9.17, 15) is 23.1 Å². The number of hydrogen-bond acceptors (Lipinski definition) is 3. The van der Waals surface area contributed by atoms with Crippen LogP contribution in [0.1, 0.15) is 5.56 Å². The first-order valence-corrected chi connectivity index (χ1v) is 4.09. The van der Waals surface area contributed by atoms with Crippen molar-refractivity contribution in [3.8, 4) is 5.75 Å². The number of benzene rings is 1. The molecule has 7 heteroatoms. The SMILES string of the molecule is O=C(NN=Cc1ccccc1O)C(F)(F)F. The van der Waals surface area contributed by atoms with Crippen molar-refractivity contribution in [1.82, 2.24) is 5.43 Å². The molecule has 0 aliphatic rings. The summed E-state index contributed by atoms with van der Waals surface area (Å²) in [6, 6.07) is 5.87. The highest BCUT2D eigenvalue weighted by molar-refractivity contribution is 5.86. The van der Waals surface area contributed by atoms with E-state index in [1.54, 1.807) is 12.1 Å². The summed E-state index contributed by atoms with van der Waals surface area (Å²) in [5, 5.41) is 12.3. The summed E-state index contributed by atoms with van der Waals surface area (Å²) in [6.07, 6.45) is -4.06. The van der Waals surface area contributed by atoms with Crippen LogP contribution in [0.5, 0.6) is 5.75 Å². The summed E-state index contributed by atoms with van der Waals surface area (Å²) >= 11 is 0. The second-order valence-corrected chi connectivity index (χ2v) is 2.76. The van der Waals surface area contributed by atoms with E-state index in [1.165, 1.54) is 17.6 Å². The van der Waals surface area contributed by atoms with E-state index in [2.05, 4.69) is 5.10 Å². The highest BCUT2D eigenvalue weighted by atomic mass is 19.4. The minimum absolute atomic E-state index is 0.146. The van der Waals surface area contributed by atoms with E-state index < -0.39 is 12.1 Å². The minimum atomic E-state index is -4.98. The maximum Gasteiger partial charge on any atom is 0.473 e. The van der Waals surface area contributed by atoms with Crippen LogP contribution in [-0.4, -0.2) is 23.4 Å². The number of hydrazone groups is 1. The topological polar surface area (TPSA) is 61.7 Å². The van der Waals surface area contributed by atoms with Gasteiger partial charge in [-0.1, -0.05) is 12.1 Å². The van der Waals surface area contributed by atoms with Gasteiger partial charge >= 0.3 is 12.1 Å². The van der Waals surface area contributed by atoms with Gasteiger partial charge in [0.2, 0.25) is 0 Å². The first-order chi connectivity index (χ1) is 7.41. The van der Waals surface area contributed by atoms with Gasteiger partial charge in [0, 0.05) is 5.56 Å². The van der Waals surface area contributed by atoms with Gasteiger partial charge in [-0.25, -0.2) is 5.43 Å². The van der Waals surface area contributed by atoms with Gasteiger partial charge < -0.3 is 5.11 Å². The number of carbonyl (C=O) groups excluding carboxylic acids is 1. The van der Waals surface area contributed by atoms with Crippen molar-refractivity contribution >= 4 is 12.1 Å². The van der Waals surface area contributed by atoms with Crippen molar-refractivity contribution in [1.29, 1.82) is 0 Å². The zero-order valence-corrected chi connectivity index (χ0v) is 7.82. The fourth-order valence-corrected chi connectivity index (χ4v) is 0.821. The van der Waals surface area contributed by atoms with Gasteiger partial charge in [0.1, 0.15) is 5.75 Å². The molecular formula is C9H7F3N2O2. The second-order valence-electron chi connectivity index (χ2n) is 2.76. The molecule has 0 aromatic heterocycles. The fraction of sp³-hybridized carbons (Fsp3) is 0.111. The normalized spacial score (nSPS) is 11.7. The number of halogens is 3. The molecule has 0 heterocycles. The lowest BCUT2D eigenvalue weighted by atomic mass is 10.2. The summed E-state index contributed by atoms with van der Waals surface area (Å²) in [6.45, 7) is 0. The average molecular weight is 232 g/mol. The third-order valence-electron chi connectivity index (χ3n) is 1.56. The molecule has 0 atom stereocenters. The van der Waals surface area contributed by atoms with Crippen LogP contribution in [0.3, 0.4) is 0 Å². The number of nitrogens with one attached hydrogen (secondary N) is 1. The zero-order chi connectivity index (χ0) is 12.2. The summed E-state index contributed by atoms with van der Waals surface area (Å²) < 4.78 is 35.2. The molecule has 0 radical (unpaired) electrons. The third-order valence-corrected chi connectivity index (χ3v) is 1.56. The second kappa shape index (κ2) is 4.65. The number of amides is 1. The van der Waals surface area contributed by atoms with E-state index in [-0.39, 0.29) is 11.3 Å². The predicted octanol–water partition coefficient (Wildman–Crippen LogP) is 1.40. The number of para-hydroxylation sites is 1. The van der Waals surface area contributed by atoms with Crippen LogP contribution in [0, 0.1) is 0 Å². The maximum absolute atomic E-state index is 11.7. The Morgan fingerprint density at radius 3 is 2.56 bits per heavy atom. The number of carbonyl (C=O) groups is 1. The third kappa shape index (κ3) is 3.26. The fourth-order valence-electron chi connectivity index (χ4n) is 0.821. The maximum atomic E-state index is 11.7. The molecule has 86 valence electrons. The van der Waals surface area contributed by atoms with Gasteiger partial charge in [-0.2, -0.15) is 18.3 Å². The van der Waals surface area contributed by atoms with Gasteiger partial charge in [-0.15, -0.1) is 0 Å². The number of alkyl halides is 3. The molecule has 1 rings (SSSR count). The Morgan fingerprint density at radius 2 is 2.00 bits per heavy atom. The number of hydrogen-bond donors (Lipinski definition) is 2. The average Bonchev–Trinajstić information content (AvgIpc) is 2.19. The number of rotatable bonds is 2. The Hall–Kier alpha value is -2.05. The molecule has 16 heavy (non-hydrogen) atoms. The molecule has 1 amide bonds. The molecule has 0 spiro atoms. The zero-order valence-electron chi connectivity index (χ0n) is 7.82. The minimum Gasteiger partial charge on any atom is -0.507 e. The molecule has 0 bridgehead atoms. The first-order valence-electron chi connectivity index (χ1n) is 4.09. The van der Waals surface area contributed by atoms with E-state index >= 15 is 0 Å². The molecule has 0 unspecified atom stereocenters. The van der Waals surface area contributed by atoms with Crippen molar-refractivity contribution in [2.75, 3.05) is 0 Å². The van der Waals surface area contributed by atoms with Gasteiger partial charge in [-0.05, 0) is 12.1 Å². The summed E-state index contributed by atoms with van der Waals surface area (Å²) in [7, 11) is 0. The Morgan fingerprint density at radius 1 is 1.38 bits per heavy atom. The standard InChI is InChI=1S/C9H7F3N2O2/c10-9(11,12)8(16)14-13-5-6-3-1-2-4-7(6)15/h1-5,15H,(H,14,16). The Balaban J connectivity index is 2.63. The van der Waals surface area contributed by atoms with Crippen LogP contribution in [-0.2, 0) is 4.79 Å². The van der Waals surface area contributed by atoms with Crippen LogP contribution in [0.15, 0.2) is 29.4 Å². The number of nitrogens with zero attached hydrogens (tertiary/aromatic N) is 1. The van der Waals surface area contributed by atoms with Gasteiger partial charge in [0.05, 0.1) is 6.21 Å². The first kappa shape index (κ1) is 12.0. The van der Waals surface area contributed by atoms with Crippen LogP contribution < -0.4 is 5.43 Å². The molecule has 0 saturated carbocycles. The molecule has 1 aromatic rings. The molecule has 4 nitrogen and oxygen atoms in total. The lowest BCUT2D eigenvalue weighted by Gasteiger charge is -2.02. The van der Waals surface area contributed by atoms with Crippen molar-refractivity contribution in [3.05, 3.63) is 29.8 Å². The number of phenols is 1. The Kier molecular flexibility index (Phi) is 3.49. The summed E-state index contributed by atoms with van der Waals surface area (Å²) in [5.41, 5.74) is 1.49. The van der Waals surface area contributed by atoms with Crippen LogP contribution in [0.25, 0.3) is 0 Å². The van der Waals surface area contributed by atoms with E-state index in [4.69, 9.17) is 0 Å². The van der Waals surface area contributed by atoms with E-state index in [0.29, 0.717) is 0 Å². The van der Waals surface area contributed by atoms with Gasteiger partial charge in [-0.3, -0.25) is 4.79 Å². The molecular weight excluding hydrogens is 225 g/mol. The van der Waals surface area contributed by atoms with Gasteiger partial charge in [0.25, 0.3) is 0 Å². The smallest absolute Gasteiger partial charge is 0.473 e. The van der Waals surface area contributed by atoms with Crippen molar-refractivity contribution in [3.63, 3.8) is 0 Å². The summed E-state index contributed by atoms with van der Waals surface area (Å²) in [4.78, 5) is 10.3. The van der Waals surface area contributed by atoms with Crippen LogP contribution >= 0.6 is 0 Å². The highest BCUT2D eigenvalue weighted by Crippen LogP contribution is 2.14. The quantitative estimate of drug-likeness (QED) is 0.598. The van der Waals surface area contributed by atoms with Crippen molar-refractivity contribution in [2.24, 2.45) is 5.10 Å². The van der Waals surface area contributed by atoms with Crippen molar-refractivity contribution < 1.29 is 23.1 Å². The molecule has 0 saturated heterocycles. The predicted molar refractivity (Wildman–Crippen MR) is 49.9 cm³/mol. The Labute approximate surface area is 88.4 Å². The molecule has 0 aliphatic heterocycles. The summed E-state index contributed by atoms with van der Waals surface area (Å²) in [5.74, 6) is -2.31. The Bertz CT molecular complexity index is 415.